The molecule has 29 heavy (non-hydrogen) atoms. The van der Waals surface area contributed by atoms with Crippen LogP contribution in [0.3, 0.4) is 0 Å². The van der Waals surface area contributed by atoms with E-state index < -0.39 is 5.69 Å². The number of fused-ring (bicyclic) bond motifs is 2. The van der Waals surface area contributed by atoms with Crippen molar-refractivity contribution in [1.29, 1.82) is 0 Å². The average molecular weight is 424 g/mol. The van der Waals surface area contributed by atoms with Gasteiger partial charge in [0.2, 0.25) is 0 Å². The first-order valence-electron chi connectivity index (χ1n) is 9.46. The first-order valence-corrected chi connectivity index (χ1v) is 10.7. The number of nitrogens with zero attached hydrogens (tertiary/aromatic N) is 2. The van der Waals surface area contributed by atoms with Crippen LogP contribution >= 0.6 is 22.9 Å². The molecule has 5 rings (SSSR count). The van der Waals surface area contributed by atoms with E-state index in [9.17, 15) is 9.59 Å². The van der Waals surface area contributed by atoms with Crippen LogP contribution in [0.15, 0.2) is 63.5 Å². The minimum Gasteiger partial charge on any atom is -0.367 e. The second-order valence-electron chi connectivity index (χ2n) is 7.17. The molecule has 0 radical (unpaired) electrons. The standard InChI is InChI=1S/C22H18ClN3O2S/c23-17-8-7-14(13-25-10-3-5-15-4-1-2-6-18(15)25)12-19(17)26-21(27)16-9-11-29-20(16)24-22(26)28/h1-2,4,6-9,11-12H,3,5,10,13H2,(H,24,28). The van der Waals surface area contributed by atoms with Gasteiger partial charge in [-0.25, -0.2) is 9.36 Å². The van der Waals surface area contributed by atoms with Crippen LogP contribution in [-0.2, 0) is 13.0 Å². The Morgan fingerprint density at radius 1 is 1.07 bits per heavy atom. The van der Waals surface area contributed by atoms with Crippen molar-refractivity contribution in [3.8, 4) is 5.69 Å². The predicted octanol–water partition coefficient (Wildman–Crippen LogP) is 4.35. The van der Waals surface area contributed by atoms with Gasteiger partial charge >= 0.3 is 5.69 Å². The zero-order valence-electron chi connectivity index (χ0n) is 15.5. The van der Waals surface area contributed by atoms with Crippen LogP contribution in [0.2, 0.25) is 5.02 Å². The highest BCUT2D eigenvalue weighted by molar-refractivity contribution is 7.16. The fraction of sp³-hybridized carbons (Fsp3) is 0.182. The van der Waals surface area contributed by atoms with Crippen LogP contribution in [0.25, 0.3) is 15.9 Å². The van der Waals surface area contributed by atoms with Gasteiger partial charge in [-0.1, -0.05) is 35.9 Å². The molecule has 0 spiro atoms. The van der Waals surface area contributed by atoms with Crippen molar-refractivity contribution >= 4 is 38.8 Å². The lowest BCUT2D eigenvalue weighted by molar-refractivity contribution is 0.691. The smallest absolute Gasteiger partial charge is 0.334 e. The molecule has 0 aliphatic carbocycles. The van der Waals surface area contributed by atoms with Crippen LogP contribution in [0.4, 0.5) is 5.69 Å². The molecule has 3 heterocycles. The molecular formula is C22H18ClN3O2S. The SMILES string of the molecule is O=c1[nH]c2sccc2c(=O)n1-c1cc(CN2CCCc3ccccc32)ccc1Cl. The fourth-order valence-corrected chi connectivity index (χ4v) is 4.95. The molecule has 0 unspecified atom stereocenters. The van der Waals surface area contributed by atoms with Crippen LogP contribution in [-0.4, -0.2) is 16.1 Å². The summed E-state index contributed by atoms with van der Waals surface area (Å²) in [7, 11) is 0. The Morgan fingerprint density at radius 3 is 2.83 bits per heavy atom. The van der Waals surface area contributed by atoms with E-state index in [0.717, 1.165) is 29.5 Å². The third kappa shape index (κ3) is 3.18. The predicted molar refractivity (Wildman–Crippen MR) is 119 cm³/mol. The van der Waals surface area contributed by atoms with Gasteiger partial charge in [0.15, 0.2) is 0 Å². The van der Waals surface area contributed by atoms with Gasteiger partial charge < -0.3 is 4.90 Å². The van der Waals surface area contributed by atoms with Crippen LogP contribution in [0.1, 0.15) is 17.5 Å². The van der Waals surface area contributed by atoms with Crippen molar-refractivity contribution in [3.05, 3.63) is 90.9 Å². The molecule has 0 amide bonds. The van der Waals surface area contributed by atoms with Gasteiger partial charge in [-0.2, -0.15) is 0 Å². The molecule has 1 N–H and O–H groups in total. The quantitative estimate of drug-likeness (QED) is 0.533. The minimum absolute atomic E-state index is 0.354. The number of hydrogen-bond acceptors (Lipinski definition) is 4. The molecule has 0 saturated carbocycles. The summed E-state index contributed by atoms with van der Waals surface area (Å²) < 4.78 is 1.13. The number of aromatic amines is 1. The zero-order valence-corrected chi connectivity index (χ0v) is 17.1. The van der Waals surface area contributed by atoms with Crippen LogP contribution < -0.4 is 16.1 Å². The number of rotatable bonds is 3. The number of thiophene rings is 1. The second-order valence-corrected chi connectivity index (χ2v) is 8.50. The van der Waals surface area contributed by atoms with Crippen LogP contribution in [0, 0.1) is 0 Å². The normalized spacial score (nSPS) is 13.6. The van der Waals surface area contributed by atoms with E-state index in [4.69, 9.17) is 11.6 Å². The molecule has 5 nitrogen and oxygen atoms in total. The van der Waals surface area contributed by atoms with Crippen molar-refractivity contribution in [3.63, 3.8) is 0 Å². The van der Waals surface area contributed by atoms with Gasteiger partial charge in [0, 0.05) is 18.8 Å². The van der Waals surface area contributed by atoms with Gasteiger partial charge in [-0.05, 0) is 53.6 Å². The average Bonchev–Trinajstić information content (AvgIpc) is 3.19. The van der Waals surface area contributed by atoms with Gasteiger partial charge in [0.25, 0.3) is 5.56 Å². The molecule has 7 heteroatoms. The van der Waals surface area contributed by atoms with Gasteiger partial charge in [-0.15, -0.1) is 11.3 Å². The summed E-state index contributed by atoms with van der Waals surface area (Å²) in [6.45, 7) is 1.66. The topological polar surface area (TPSA) is 58.1 Å². The molecule has 0 saturated heterocycles. The maximum Gasteiger partial charge on any atom is 0.334 e. The molecule has 0 fully saturated rings. The van der Waals surface area contributed by atoms with E-state index in [1.54, 1.807) is 17.5 Å². The lowest BCUT2D eigenvalue weighted by Gasteiger charge is -2.31. The van der Waals surface area contributed by atoms with E-state index >= 15 is 0 Å². The lowest BCUT2D eigenvalue weighted by atomic mass is 10.0. The third-order valence-corrected chi connectivity index (χ3v) is 6.50. The van der Waals surface area contributed by atoms with Crippen molar-refractivity contribution in [2.24, 2.45) is 0 Å². The maximum atomic E-state index is 12.9. The summed E-state index contributed by atoms with van der Waals surface area (Å²) in [5, 5.41) is 2.65. The molecule has 1 aliphatic rings. The Kier molecular flexibility index (Phi) is 4.53. The number of aromatic nitrogens is 2. The highest BCUT2D eigenvalue weighted by atomic mass is 35.5. The Bertz CT molecular complexity index is 1340. The van der Waals surface area contributed by atoms with E-state index in [2.05, 4.69) is 34.1 Å². The summed E-state index contributed by atoms with van der Waals surface area (Å²) in [5.41, 5.74) is 3.17. The number of para-hydroxylation sites is 1. The number of benzene rings is 2. The second kappa shape index (κ2) is 7.21. The zero-order chi connectivity index (χ0) is 20.0. The van der Waals surface area contributed by atoms with Gasteiger partial charge in [-0.3, -0.25) is 9.78 Å². The third-order valence-electron chi connectivity index (χ3n) is 5.35. The highest BCUT2D eigenvalue weighted by Gasteiger charge is 2.18. The van der Waals surface area contributed by atoms with Crippen molar-refractivity contribution in [2.45, 2.75) is 19.4 Å². The summed E-state index contributed by atoms with van der Waals surface area (Å²) in [4.78, 5) is 31.2. The Morgan fingerprint density at radius 2 is 1.93 bits per heavy atom. The Labute approximate surface area is 175 Å². The Balaban J connectivity index is 1.58. The van der Waals surface area contributed by atoms with E-state index in [-0.39, 0.29) is 5.56 Å². The first-order chi connectivity index (χ1) is 14.1. The summed E-state index contributed by atoms with van der Waals surface area (Å²) in [5.74, 6) is 0. The monoisotopic (exact) mass is 423 g/mol. The maximum absolute atomic E-state index is 12.9. The van der Waals surface area contributed by atoms with Crippen LogP contribution in [0.5, 0.6) is 0 Å². The fourth-order valence-electron chi connectivity index (χ4n) is 3.98. The molecule has 0 atom stereocenters. The molecule has 4 aromatic rings. The number of anilines is 1. The van der Waals surface area contributed by atoms with Crippen molar-refractivity contribution < 1.29 is 0 Å². The molecule has 1 aliphatic heterocycles. The van der Waals surface area contributed by atoms with Gasteiger partial charge in [0.05, 0.1) is 16.1 Å². The first kappa shape index (κ1) is 18.2. The van der Waals surface area contributed by atoms with E-state index in [0.29, 0.717) is 27.5 Å². The van der Waals surface area contributed by atoms with E-state index in [1.807, 2.05) is 12.1 Å². The summed E-state index contributed by atoms with van der Waals surface area (Å²) >= 11 is 7.74. The Hall–Kier alpha value is -2.83. The number of nitrogens with one attached hydrogen (secondary N) is 1. The van der Waals surface area contributed by atoms with Crippen molar-refractivity contribution in [2.75, 3.05) is 11.4 Å². The molecule has 146 valence electrons. The van der Waals surface area contributed by atoms with Gasteiger partial charge in [0.1, 0.15) is 4.83 Å². The summed E-state index contributed by atoms with van der Waals surface area (Å²) in [6, 6.07) is 15.7. The highest BCUT2D eigenvalue weighted by Crippen LogP contribution is 2.29. The molecule has 2 aromatic carbocycles. The molecular weight excluding hydrogens is 406 g/mol. The lowest BCUT2D eigenvalue weighted by Crippen LogP contribution is -2.33. The minimum atomic E-state index is -0.479. The summed E-state index contributed by atoms with van der Waals surface area (Å²) in [6.07, 6.45) is 2.19. The number of hydrogen-bond donors (Lipinski definition) is 1. The number of H-pyrrole nitrogens is 1. The van der Waals surface area contributed by atoms with E-state index in [1.165, 1.54) is 22.6 Å². The number of aryl methyl sites for hydroxylation is 1. The largest absolute Gasteiger partial charge is 0.367 e. The van der Waals surface area contributed by atoms with Crippen molar-refractivity contribution in [1.82, 2.24) is 9.55 Å². The number of halogens is 1. The molecule has 2 aromatic heterocycles. The molecule has 0 bridgehead atoms.